The van der Waals surface area contributed by atoms with Gasteiger partial charge in [0.25, 0.3) is 5.69 Å². The third-order valence-electron chi connectivity index (χ3n) is 3.47. The van der Waals surface area contributed by atoms with E-state index in [0.717, 1.165) is 5.56 Å². The largest absolute Gasteiger partial charge is 0.490 e. The molecule has 0 aromatic heterocycles. The summed E-state index contributed by atoms with van der Waals surface area (Å²) >= 11 is 0. The number of hydrogen-bond donors (Lipinski definition) is 1. The van der Waals surface area contributed by atoms with Crippen LogP contribution in [0.1, 0.15) is 19.4 Å². The van der Waals surface area contributed by atoms with Crippen molar-refractivity contribution in [2.24, 2.45) is 11.1 Å². The second-order valence-corrected chi connectivity index (χ2v) is 5.61. The Morgan fingerprint density at radius 1 is 1.04 bits per heavy atom. The van der Waals surface area contributed by atoms with Crippen molar-refractivity contribution in [1.82, 2.24) is 0 Å². The number of nitrogens with zero attached hydrogens (tertiary/aromatic N) is 2. The molecule has 0 atom stereocenters. The highest BCUT2D eigenvalue weighted by atomic mass is 16.6. The van der Waals surface area contributed by atoms with Crippen LogP contribution in [0.4, 0.5) is 5.69 Å². The van der Waals surface area contributed by atoms with Gasteiger partial charge < -0.3 is 14.7 Å². The molecule has 0 bridgehead atoms. The zero-order valence-corrected chi connectivity index (χ0v) is 14.1. The van der Waals surface area contributed by atoms with E-state index < -0.39 is 4.92 Å². The molecule has 2 aromatic carbocycles. The predicted molar refractivity (Wildman–Crippen MR) is 93.7 cm³/mol. The Bertz CT molecular complexity index is 724. The van der Waals surface area contributed by atoms with Crippen molar-refractivity contribution in [3.8, 4) is 11.5 Å². The Morgan fingerprint density at radius 2 is 1.52 bits per heavy atom. The van der Waals surface area contributed by atoms with Gasteiger partial charge in [-0.05, 0) is 47.9 Å². The molecule has 0 amide bonds. The molecule has 0 saturated heterocycles. The van der Waals surface area contributed by atoms with Gasteiger partial charge in [0.2, 0.25) is 0 Å². The molecule has 0 unspecified atom stereocenters. The van der Waals surface area contributed by atoms with Gasteiger partial charge in [0.05, 0.1) is 10.6 Å². The molecule has 132 valence electrons. The molecule has 7 nitrogen and oxygen atoms in total. The molecule has 0 saturated carbocycles. The molecule has 0 heterocycles. The average Bonchev–Trinajstić information content (AvgIpc) is 2.60. The van der Waals surface area contributed by atoms with E-state index in [-0.39, 0.29) is 11.6 Å². The minimum atomic E-state index is -0.456. The molecule has 0 aliphatic carbocycles. The van der Waals surface area contributed by atoms with E-state index in [0.29, 0.717) is 30.4 Å². The monoisotopic (exact) mass is 344 g/mol. The van der Waals surface area contributed by atoms with E-state index in [9.17, 15) is 10.1 Å². The number of non-ortho nitro benzene ring substituents is 1. The smallest absolute Gasteiger partial charge is 0.269 e. The summed E-state index contributed by atoms with van der Waals surface area (Å²) in [5, 5.41) is 23.0. The van der Waals surface area contributed by atoms with Gasteiger partial charge in [0, 0.05) is 12.1 Å². The van der Waals surface area contributed by atoms with Crippen molar-refractivity contribution in [3.63, 3.8) is 0 Å². The Kier molecular flexibility index (Phi) is 6.33. The van der Waals surface area contributed by atoms with E-state index >= 15 is 0 Å². The Hall–Kier alpha value is -3.09. The van der Waals surface area contributed by atoms with Crippen molar-refractivity contribution < 1.29 is 19.6 Å². The zero-order valence-electron chi connectivity index (χ0n) is 14.1. The molecule has 1 N–H and O–H groups in total. The van der Waals surface area contributed by atoms with Crippen LogP contribution in [-0.2, 0) is 0 Å². The fourth-order valence-electron chi connectivity index (χ4n) is 2.21. The van der Waals surface area contributed by atoms with Gasteiger partial charge in [-0.15, -0.1) is 0 Å². The van der Waals surface area contributed by atoms with E-state index in [1.807, 2.05) is 26.0 Å². The van der Waals surface area contributed by atoms with Gasteiger partial charge in [-0.25, -0.2) is 0 Å². The van der Waals surface area contributed by atoms with Crippen molar-refractivity contribution in [1.29, 1.82) is 0 Å². The topological polar surface area (TPSA) is 94.2 Å². The molecule has 0 fully saturated rings. The SMILES string of the molecule is CC(C)/C(=N\O)c1ccc(OCCOc2ccc([N+](=O)[O-])cc2)cc1. The lowest BCUT2D eigenvalue weighted by Gasteiger charge is -2.10. The maximum Gasteiger partial charge on any atom is 0.269 e. The van der Waals surface area contributed by atoms with Crippen LogP contribution in [0.3, 0.4) is 0 Å². The molecule has 0 aliphatic rings. The minimum absolute atomic E-state index is 0.0240. The summed E-state index contributed by atoms with van der Waals surface area (Å²) in [4.78, 5) is 10.1. The van der Waals surface area contributed by atoms with Gasteiger partial charge in [-0.1, -0.05) is 19.0 Å². The van der Waals surface area contributed by atoms with Crippen LogP contribution >= 0.6 is 0 Å². The minimum Gasteiger partial charge on any atom is -0.490 e. The summed E-state index contributed by atoms with van der Waals surface area (Å²) in [5.41, 5.74) is 1.48. The summed E-state index contributed by atoms with van der Waals surface area (Å²) in [5.74, 6) is 1.34. The maximum absolute atomic E-state index is 10.6. The number of nitro benzene ring substituents is 1. The van der Waals surface area contributed by atoms with Crippen LogP contribution in [0.15, 0.2) is 53.7 Å². The number of rotatable bonds is 8. The van der Waals surface area contributed by atoms with Crippen LogP contribution in [0.5, 0.6) is 11.5 Å². The van der Waals surface area contributed by atoms with E-state index in [1.54, 1.807) is 24.3 Å². The summed E-state index contributed by atoms with van der Waals surface area (Å²) in [6.45, 7) is 4.56. The van der Waals surface area contributed by atoms with Crippen molar-refractivity contribution in [3.05, 3.63) is 64.2 Å². The number of nitro groups is 1. The van der Waals surface area contributed by atoms with Crippen LogP contribution in [-0.4, -0.2) is 29.1 Å². The predicted octanol–water partition coefficient (Wildman–Crippen LogP) is 3.89. The van der Waals surface area contributed by atoms with E-state index in [2.05, 4.69) is 5.16 Å². The second-order valence-electron chi connectivity index (χ2n) is 5.61. The Labute approximate surface area is 145 Å². The van der Waals surface area contributed by atoms with Gasteiger partial charge in [0.15, 0.2) is 0 Å². The highest BCUT2D eigenvalue weighted by Gasteiger charge is 2.09. The first-order chi connectivity index (χ1) is 12.0. The van der Waals surface area contributed by atoms with Gasteiger partial charge in [-0.2, -0.15) is 0 Å². The lowest BCUT2D eigenvalue weighted by atomic mass is 10.0. The molecule has 2 rings (SSSR count). The quantitative estimate of drug-likeness (QED) is 0.258. The van der Waals surface area contributed by atoms with E-state index in [1.165, 1.54) is 12.1 Å². The zero-order chi connectivity index (χ0) is 18.2. The molecule has 0 spiro atoms. The first-order valence-electron chi connectivity index (χ1n) is 7.83. The molecule has 2 aromatic rings. The molecule has 0 aliphatic heterocycles. The lowest BCUT2D eigenvalue weighted by molar-refractivity contribution is -0.384. The third-order valence-corrected chi connectivity index (χ3v) is 3.47. The number of oxime groups is 1. The van der Waals surface area contributed by atoms with Gasteiger partial charge in [-0.3, -0.25) is 10.1 Å². The molecular weight excluding hydrogens is 324 g/mol. The summed E-state index contributed by atoms with van der Waals surface area (Å²) in [6.07, 6.45) is 0. The lowest BCUT2D eigenvalue weighted by Crippen LogP contribution is -2.10. The molecule has 7 heteroatoms. The summed E-state index contributed by atoms with van der Waals surface area (Å²) < 4.78 is 11.1. The first kappa shape index (κ1) is 18.3. The van der Waals surface area contributed by atoms with Crippen LogP contribution in [0.25, 0.3) is 0 Å². The highest BCUT2D eigenvalue weighted by Crippen LogP contribution is 2.18. The highest BCUT2D eigenvalue weighted by molar-refractivity contribution is 6.01. The van der Waals surface area contributed by atoms with Crippen molar-refractivity contribution in [2.75, 3.05) is 13.2 Å². The Balaban J connectivity index is 1.81. The van der Waals surface area contributed by atoms with Crippen LogP contribution in [0, 0.1) is 16.0 Å². The number of benzene rings is 2. The normalized spacial score (nSPS) is 11.4. The van der Waals surface area contributed by atoms with Crippen LogP contribution in [0.2, 0.25) is 0 Å². The average molecular weight is 344 g/mol. The molecule has 0 radical (unpaired) electrons. The number of hydrogen-bond acceptors (Lipinski definition) is 6. The van der Waals surface area contributed by atoms with E-state index in [4.69, 9.17) is 14.7 Å². The third kappa shape index (κ3) is 5.20. The fourth-order valence-corrected chi connectivity index (χ4v) is 2.21. The van der Waals surface area contributed by atoms with Gasteiger partial charge >= 0.3 is 0 Å². The number of ether oxygens (including phenoxy) is 2. The van der Waals surface area contributed by atoms with Crippen molar-refractivity contribution in [2.45, 2.75) is 13.8 Å². The fraction of sp³-hybridized carbons (Fsp3) is 0.278. The summed E-state index contributed by atoms with van der Waals surface area (Å²) in [7, 11) is 0. The molecule has 25 heavy (non-hydrogen) atoms. The Morgan fingerprint density at radius 3 is 1.92 bits per heavy atom. The first-order valence-corrected chi connectivity index (χ1v) is 7.83. The summed E-state index contributed by atoms with van der Waals surface area (Å²) in [6, 6.07) is 13.2. The van der Waals surface area contributed by atoms with Crippen molar-refractivity contribution >= 4 is 11.4 Å². The van der Waals surface area contributed by atoms with Crippen LogP contribution < -0.4 is 9.47 Å². The standard InChI is InChI=1S/C18H20N2O5/c1-13(2)18(19-21)14-3-7-16(8-4-14)24-11-12-25-17-9-5-15(6-10-17)20(22)23/h3-10,13,21H,11-12H2,1-2H3/b19-18+. The maximum atomic E-state index is 10.6. The van der Waals surface area contributed by atoms with Gasteiger partial charge in [0.1, 0.15) is 24.7 Å². The molecular formula is C18H20N2O5. The second kappa shape index (κ2) is 8.68.